The van der Waals surface area contributed by atoms with Gasteiger partial charge in [-0.1, -0.05) is 13.0 Å². The van der Waals surface area contributed by atoms with Crippen molar-refractivity contribution in [3.8, 4) is 0 Å². The number of nitrogens with zero attached hydrogens (tertiary/aromatic N) is 1. The van der Waals surface area contributed by atoms with Gasteiger partial charge in [0.05, 0.1) is 0 Å². The summed E-state index contributed by atoms with van der Waals surface area (Å²) in [5.41, 5.74) is 2.75. The predicted molar refractivity (Wildman–Crippen MR) is 62.9 cm³/mol. The Morgan fingerprint density at radius 2 is 2.20 bits per heavy atom. The molecule has 1 aromatic rings. The Bertz CT molecular complexity index is 303. The quantitative estimate of drug-likeness (QED) is 0.816. The summed E-state index contributed by atoms with van der Waals surface area (Å²) in [5.74, 6) is 0.839. The van der Waals surface area contributed by atoms with Crippen LogP contribution in [0.5, 0.6) is 0 Å². The van der Waals surface area contributed by atoms with E-state index >= 15 is 0 Å². The Balaban J connectivity index is 2.02. The number of nitrogens with one attached hydrogen (secondary N) is 1. The highest BCUT2D eigenvalue weighted by Crippen LogP contribution is 2.19. The lowest BCUT2D eigenvalue weighted by Gasteiger charge is -2.22. The molecule has 2 nitrogen and oxygen atoms in total. The number of rotatable bonds is 3. The fraction of sp³-hybridized carbons (Fsp3) is 0.615. The van der Waals surface area contributed by atoms with Crippen LogP contribution in [-0.2, 0) is 12.8 Å². The zero-order valence-corrected chi connectivity index (χ0v) is 9.50. The van der Waals surface area contributed by atoms with E-state index in [9.17, 15) is 0 Å². The van der Waals surface area contributed by atoms with E-state index in [1.165, 1.54) is 43.6 Å². The zero-order valence-electron chi connectivity index (χ0n) is 9.50. The Morgan fingerprint density at radius 3 is 2.93 bits per heavy atom. The number of hydrogen-bond donors (Lipinski definition) is 1. The molecular weight excluding hydrogens is 184 g/mol. The summed E-state index contributed by atoms with van der Waals surface area (Å²) in [7, 11) is 0. The van der Waals surface area contributed by atoms with Gasteiger partial charge < -0.3 is 5.32 Å². The summed E-state index contributed by atoms with van der Waals surface area (Å²) >= 11 is 0. The molecule has 0 amide bonds. The van der Waals surface area contributed by atoms with Gasteiger partial charge in [0.2, 0.25) is 0 Å². The minimum atomic E-state index is 0.839. The summed E-state index contributed by atoms with van der Waals surface area (Å²) in [4.78, 5) is 4.52. The standard InChI is InChI=1S/C13H20N2/c1-2-12-4-3-7-15-13(12)10-11-5-8-14-9-6-11/h3-4,7,11,14H,2,5-6,8-10H2,1H3. The first-order valence-corrected chi connectivity index (χ1v) is 6.03. The van der Waals surface area contributed by atoms with Crippen LogP contribution in [0.25, 0.3) is 0 Å². The third kappa shape index (κ3) is 2.78. The van der Waals surface area contributed by atoms with Gasteiger partial charge in [-0.3, -0.25) is 4.98 Å². The van der Waals surface area contributed by atoms with Crippen molar-refractivity contribution in [2.75, 3.05) is 13.1 Å². The average molecular weight is 204 g/mol. The van der Waals surface area contributed by atoms with Gasteiger partial charge >= 0.3 is 0 Å². The average Bonchev–Trinajstić information content (AvgIpc) is 2.31. The SMILES string of the molecule is CCc1cccnc1CC1CCNCC1. The third-order valence-electron chi connectivity index (χ3n) is 3.31. The summed E-state index contributed by atoms with van der Waals surface area (Å²) in [6.45, 7) is 4.57. The molecule has 0 aliphatic carbocycles. The first-order valence-electron chi connectivity index (χ1n) is 6.03. The lowest BCUT2D eigenvalue weighted by atomic mass is 9.91. The molecule has 0 atom stereocenters. The van der Waals surface area contributed by atoms with Crippen LogP contribution >= 0.6 is 0 Å². The lowest BCUT2D eigenvalue weighted by Crippen LogP contribution is -2.29. The molecule has 1 N–H and O–H groups in total. The van der Waals surface area contributed by atoms with Crippen molar-refractivity contribution >= 4 is 0 Å². The maximum absolute atomic E-state index is 4.52. The molecule has 1 aromatic heterocycles. The summed E-state index contributed by atoms with van der Waals surface area (Å²) in [6, 6.07) is 4.26. The highest BCUT2D eigenvalue weighted by atomic mass is 14.9. The fourth-order valence-electron chi connectivity index (χ4n) is 2.34. The molecule has 1 saturated heterocycles. The van der Waals surface area contributed by atoms with Crippen molar-refractivity contribution in [2.45, 2.75) is 32.6 Å². The minimum Gasteiger partial charge on any atom is -0.317 e. The summed E-state index contributed by atoms with van der Waals surface area (Å²) < 4.78 is 0. The van der Waals surface area contributed by atoms with E-state index < -0.39 is 0 Å². The number of piperidine rings is 1. The zero-order chi connectivity index (χ0) is 10.5. The Kier molecular flexibility index (Phi) is 3.73. The molecule has 2 heterocycles. The molecule has 0 spiro atoms. The fourth-order valence-corrected chi connectivity index (χ4v) is 2.34. The van der Waals surface area contributed by atoms with Crippen LogP contribution in [0.2, 0.25) is 0 Å². The van der Waals surface area contributed by atoms with E-state index in [0.29, 0.717) is 0 Å². The molecule has 0 unspecified atom stereocenters. The number of aromatic nitrogens is 1. The van der Waals surface area contributed by atoms with Crippen LogP contribution in [0.1, 0.15) is 31.0 Å². The van der Waals surface area contributed by atoms with Crippen LogP contribution in [0.15, 0.2) is 18.3 Å². The van der Waals surface area contributed by atoms with E-state index in [1.807, 2.05) is 12.3 Å². The molecule has 0 aromatic carbocycles. The molecule has 0 bridgehead atoms. The highest BCUT2D eigenvalue weighted by Gasteiger charge is 2.15. The largest absolute Gasteiger partial charge is 0.317 e. The number of hydrogen-bond acceptors (Lipinski definition) is 2. The third-order valence-corrected chi connectivity index (χ3v) is 3.31. The van der Waals surface area contributed by atoms with Gasteiger partial charge in [-0.05, 0) is 56.3 Å². The van der Waals surface area contributed by atoms with Gasteiger partial charge in [0.15, 0.2) is 0 Å². The van der Waals surface area contributed by atoms with Gasteiger partial charge in [-0.15, -0.1) is 0 Å². The van der Waals surface area contributed by atoms with Crippen molar-refractivity contribution < 1.29 is 0 Å². The minimum absolute atomic E-state index is 0.839. The molecule has 0 radical (unpaired) electrons. The Labute approximate surface area is 92.1 Å². The van der Waals surface area contributed by atoms with Crippen molar-refractivity contribution in [1.29, 1.82) is 0 Å². The lowest BCUT2D eigenvalue weighted by molar-refractivity contribution is 0.369. The molecule has 82 valence electrons. The molecule has 0 saturated carbocycles. The van der Waals surface area contributed by atoms with Crippen LogP contribution in [-0.4, -0.2) is 18.1 Å². The molecule has 1 fully saturated rings. The van der Waals surface area contributed by atoms with Gasteiger partial charge in [-0.2, -0.15) is 0 Å². The van der Waals surface area contributed by atoms with Gasteiger partial charge in [0, 0.05) is 11.9 Å². The van der Waals surface area contributed by atoms with Crippen molar-refractivity contribution in [3.63, 3.8) is 0 Å². The van der Waals surface area contributed by atoms with Crippen molar-refractivity contribution in [3.05, 3.63) is 29.6 Å². The van der Waals surface area contributed by atoms with Crippen molar-refractivity contribution in [1.82, 2.24) is 10.3 Å². The van der Waals surface area contributed by atoms with Gasteiger partial charge in [0.25, 0.3) is 0 Å². The molecule has 1 aliphatic heterocycles. The molecular formula is C13H20N2. The maximum Gasteiger partial charge on any atom is 0.0438 e. The van der Waals surface area contributed by atoms with E-state index in [-0.39, 0.29) is 0 Å². The van der Waals surface area contributed by atoms with E-state index in [0.717, 1.165) is 12.3 Å². The van der Waals surface area contributed by atoms with Gasteiger partial charge in [-0.25, -0.2) is 0 Å². The van der Waals surface area contributed by atoms with Gasteiger partial charge in [0.1, 0.15) is 0 Å². The second-order valence-electron chi connectivity index (χ2n) is 4.36. The summed E-state index contributed by atoms with van der Waals surface area (Å²) in [5, 5.41) is 3.41. The Morgan fingerprint density at radius 1 is 1.40 bits per heavy atom. The van der Waals surface area contributed by atoms with Crippen LogP contribution in [0.3, 0.4) is 0 Å². The second kappa shape index (κ2) is 5.26. The molecule has 15 heavy (non-hydrogen) atoms. The van der Waals surface area contributed by atoms with E-state index in [1.54, 1.807) is 0 Å². The summed E-state index contributed by atoms with van der Waals surface area (Å²) in [6.07, 6.45) is 6.81. The molecule has 1 aliphatic rings. The van der Waals surface area contributed by atoms with Crippen LogP contribution in [0, 0.1) is 5.92 Å². The predicted octanol–water partition coefficient (Wildman–Crippen LogP) is 2.19. The van der Waals surface area contributed by atoms with Crippen LogP contribution in [0.4, 0.5) is 0 Å². The smallest absolute Gasteiger partial charge is 0.0438 e. The second-order valence-corrected chi connectivity index (χ2v) is 4.36. The Hall–Kier alpha value is -0.890. The normalized spacial score (nSPS) is 17.9. The molecule has 2 heteroatoms. The number of pyridine rings is 1. The van der Waals surface area contributed by atoms with E-state index in [4.69, 9.17) is 0 Å². The van der Waals surface area contributed by atoms with Crippen molar-refractivity contribution in [2.24, 2.45) is 5.92 Å². The topological polar surface area (TPSA) is 24.9 Å². The maximum atomic E-state index is 4.52. The monoisotopic (exact) mass is 204 g/mol. The molecule has 2 rings (SSSR count). The highest BCUT2D eigenvalue weighted by molar-refractivity contribution is 5.20. The van der Waals surface area contributed by atoms with Crippen LogP contribution < -0.4 is 5.32 Å². The number of aryl methyl sites for hydroxylation is 1. The van der Waals surface area contributed by atoms with E-state index in [2.05, 4.69) is 23.3 Å². The first kappa shape index (κ1) is 10.6. The first-order chi connectivity index (χ1) is 7.40.